The highest BCUT2D eigenvalue weighted by atomic mass is 35.5. The van der Waals surface area contributed by atoms with Gasteiger partial charge in [-0.05, 0) is 29.1 Å². The van der Waals surface area contributed by atoms with Crippen molar-refractivity contribution < 1.29 is 23.8 Å². The number of carbonyl (C=O) groups is 2. The van der Waals surface area contributed by atoms with Crippen molar-refractivity contribution in [2.45, 2.75) is 12.0 Å². The lowest BCUT2D eigenvalue weighted by molar-refractivity contribution is -0.119. The quantitative estimate of drug-likeness (QED) is 0.472. The first-order chi connectivity index (χ1) is 16.5. The van der Waals surface area contributed by atoms with E-state index < -0.39 is 12.0 Å². The Hall–Kier alpha value is -3.07. The zero-order chi connectivity index (χ0) is 24.2. The van der Waals surface area contributed by atoms with Crippen molar-refractivity contribution in [2.24, 2.45) is 0 Å². The summed E-state index contributed by atoms with van der Waals surface area (Å²) in [6, 6.07) is 13.8. The summed E-state index contributed by atoms with van der Waals surface area (Å²) in [4.78, 5) is 30.0. The third-order valence-electron chi connectivity index (χ3n) is 5.82. The normalized spacial score (nSPS) is 17.3. The summed E-state index contributed by atoms with van der Waals surface area (Å²) in [5.74, 6) is -0.207. The van der Waals surface area contributed by atoms with E-state index >= 15 is 0 Å². The highest BCUT2D eigenvalue weighted by Gasteiger charge is 2.44. The van der Waals surface area contributed by atoms with Gasteiger partial charge in [-0.25, -0.2) is 0 Å². The van der Waals surface area contributed by atoms with E-state index in [2.05, 4.69) is 5.32 Å². The van der Waals surface area contributed by atoms with E-state index in [1.165, 1.54) is 25.6 Å². The van der Waals surface area contributed by atoms with Crippen LogP contribution >= 0.6 is 22.9 Å². The molecule has 9 heteroatoms. The molecule has 2 heterocycles. The van der Waals surface area contributed by atoms with Crippen molar-refractivity contribution in [3.63, 3.8) is 0 Å². The molecule has 1 aromatic heterocycles. The van der Waals surface area contributed by atoms with Crippen LogP contribution in [0.5, 0.6) is 11.5 Å². The molecular formula is C25H25ClN2O5S. The van der Waals surface area contributed by atoms with Crippen molar-refractivity contribution >= 4 is 40.4 Å². The summed E-state index contributed by atoms with van der Waals surface area (Å²) in [6.45, 7) is 0.708. The van der Waals surface area contributed by atoms with E-state index in [-0.39, 0.29) is 11.8 Å². The second kappa shape index (κ2) is 10.5. The van der Waals surface area contributed by atoms with Crippen LogP contribution in [0.3, 0.4) is 0 Å². The fraction of sp³-hybridized carbons (Fsp3) is 0.280. The molecule has 1 N–H and O–H groups in total. The first-order valence-corrected chi connectivity index (χ1v) is 11.9. The molecule has 2 atom stereocenters. The Labute approximate surface area is 207 Å². The molecular weight excluding hydrogens is 476 g/mol. The van der Waals surface area contributed by atoms with Gasteiger partial charge in [0.05, 0.1) is 43.5 Å². The van der Waals surface area contributed by atoms with E-state index in [0.717, 1.165) is 4.88 Å². The van der Waals surface area contributed by atoms with Gasteiger partial charge in [-0.1, -0.05) is 35.9 Å². The SMILES string of the molecule is COCCN1C(=O)c2ccccc2[C@@H](C(=O)Nc2cc(Cl)c(OC)cc2OC)[C@H]1c1cccs1. The molecule has 0 aliphatic carbocycles. The lowest BCUT2D eigenvalue weighted by Crippen LogP contribution is -2.47. The van der Waals surface area contributed by atoms with Crippen LogP contribution < -0.4 is 14.8 Å². The summed E-state index contributed by atoms with van der Waals surface area (Å²) in [5, 5.41) is 5.26. The van der Waals surface area contributed by atoms with Crippen LogP contribution in [0.4, 0.5) is 5.69 Å². The van der Waals surface area contributed by atoms with Crippen molar-refractivity contribution in [1.82, 2.24) is 4.90 Å². The van der Waals surface area contributed by atoms with Gasteiger partial charge in [0.15, 0.2) is 0 Å². The van der Waals surface area contributed by atoms with Gasteiger partial charge in [-0.15, -0.1) is 11.3 Å². The summed E-state index contributed by atoms with van der Waals surface area (Å²) >= 11 is 7.83. The van der Waals surface area contributed by atoms with Crippen molar-refractivity contribution in [3.8, 4) is 11.5 Å². The standard InChI is InChI=1S/C25H25ClN2O5S/c1-31-11-10-28-23(21-9-6-12-34-21)22(15-7-4-5-8-16(15)25(28)30)24(29)27-18-13-17(26)19(32-2)14-20(18)33-3/h4-9,12-14,22-23H,10-11H2,1-3H3,(H,27,29)/t22-,23-/m1/s1. The van der Waals surface area contributed by atoms with Crippen LogP contribution in [0.15, 0.2) is 53.9 Å². The van der Waals surface area contributed by atoms with Crippen molar-refractivity contribution in [2.75, 3.05) is 39.8 Å². The number of hydrogen-bond acceptors (Lipinski definition) is 6. The molecule has 1 aliphatic rings. The van der Waals surface area contributed by atoms with Crippen molar-refractivity contribution in [3.05, 3.63) is 74.9 Å². The highest BCUT2D eigenvalue weighted by Crippen LogP contribution is 2.45. The number of fused-ring (bicyclic) bond motifs is 1. The van der Waals surface area contributed by atoms with Crippen LogP contribution in [0, 0.1) is 0 Å². The van der Waals surface area contributed by atoms with Gasteiger partial charge in [0.2, 0.25) is 5.91 Å². The smallest absolute Gasteiger partial charge is 0.254 e. The lowest BCUT2D eigenvalue weighted by atomic mass is 9.81. The topological polar surface area (TPSA) is 77.1 Å². The number of ether oxygens (including phenoxy) is 3. The molecule has 0 fully saturated rings. The number of hydrogen-bond donors (Lipinski definition) is 1. The predicted molar refractivity (Wildman–Crippen MR) is 132 cm³/mol. The number of amides is 2. The van der Waals surface area contributed by atoms with Crippen LogP contribution in [-0.4, -0.2) is 51.2 Å². The summed E-state index contributed by atoms with van der Waals surface area (Å²) in [5.41, 5.74) is 1.60. The predicted octanol–water partition coefficient (Wildman–Crippen LogP) is 4.98. The van der Waals surface area contributed by atoms with Gasteiger partial charge >= 0.3 is 0 Å². The zero-order valence-electron chi connectivity index (χ0n) is 19.0. The van der Waals surface area contributed by atoms with Gasteiger partial charge < -0.3 is 24.4 Å². The molecule has 0 spiro atoms. The van der Waals surface area contributed by atoms with Gasteiger partial charge in [0.25, 0.3) is 5.91 Å². The Bertz CT molecular complexity index is 1180. The number of carbonyl (C=O) groups excluding carboxylic acids is 2. The number of methoxy groups -OCH3 is 3. The fourth-order valence-electron chi connectivity index (χ4n) is 4.25. The molecule has 0 saturated heterocycles. The first-order valence-electron chi connectivity index (χ1n) is 10.6. The van der Waals surface area contributed by atoms with E-state index in [0.29, 0.717) is 46.5 Å². The summed E-state index contributed by atoms with van der Waals surface area (Å²) in [6.07, 6.45) is 0. The molecule has 2 aromatic carbocycles. The number of benzene rings is 2. The molecule has 4 rings (SSSR count). The van der Waals surface area contributed by atoms with Gasteiger partial charge in [-0.3, -0.25) is 9.59 Å². The van der Waals surface area contributed by atoms with Crippen LogP contribution in [0.1, 0.15) is 32.8 Å². The molecule has 2 amide bonds. The Morgan fingerprint density at radius 1 is 1.09 bits per heavy atom. The zero-order valence-corrected chi connectivity index (χ0v) is 20.6. The largest absolute Gasteiger partial charge is 0.495 e. The van der Waals surface area contributed by atoms with Gasteiger partial charge in [0, 0.05) is 30.2 Å². The third-order valence-corrected chi connectivity index (χ3v) is 7.06. The van der Waals surface area contributed by atoms with E-state index in [9.17, 15) is 9.59 Å². The number of thiophene rings is 1. The Balaban J connectivity index is 1.80. The summed E-state index contributed by atoms with van der Waals surface area (Å²) in [7, 11) is 4.61. The van der Waals surface area contributed by atoms with Crippen LogP contribution in [0.25, 0.3) is 0 Å². The van der Waals surface area contributed by atoms with E-state index in [4.69, 9.17) is 25.8 Å². The molecule has 7 nitrogen and oxygen atoms in total. The maximum absolute atomic E-state index is 13.9. The maximum Gasteiger partial charge on any atom is 0.254 e. The maximum atomic E-state index is 13.9. The molecule has 0 saturated carbocycles. The second-order valence-corrected chi connectivity index (χ2v) is 9.08. The number of nitrogens with one attached hydrogen (secondary N) is 1. The molecule has 0 unspecified atom stereocenters. The van der Waals surface area contributed by atoms with E-state index in [1.54, 1.807) is 36.3 Å². The number of anilines is 1. The minimum Gasteiger partial charge on any atom is -0.495 e. The molecule has 1 aliphatic heterocycles. The Morgan fingerprint density at radius 3 is 2.53 bits per heavy atom. The number of rotatable bonds is 8. The first kappa shape index (κ1) is 24.1. The van der Waals surface area contributed by atoms with Gasteiger partial charge in [-0.2, -0.15) is 0 Å². The molecule has 3 aromatic rings. The van der Waals surface area contributed by atoms with Crippen LogP contribution in [-0.2, 0) is 9.53 Å². The second-order valence-electron chi connectivity index (χ2n) is 7.69. The van der Waals surface area contributed by atoms with Gasteiger partial charge in [0.1, 0.15) is 11.5 Å². The molecule has 0 radical (unpaired) electrons. The summed E-state index contributed by atoms with van der Waals surface area (Å²) < 4.78 is 16.0. The van der Waals surface area contributed by atoms with Crippen molar-refractivity contribution in [1.29, 1.82) is 0 Å². The molecule has 34 heavy (non-hydrogen) atoms. The Morgan fingerprint density at radius 2 is 1.85 bits per heavy atom. The monoisotopic (exact) mass is 500 g/mol. The van der Waals surface area contributed by atoms with E-state index in [1.807, 2.05) is 29.6 Å². The minimum absolute atomic E-state index is 0.125. The average Bonchev–Trinajstić information content (AvgIpc) is 3.38. The highest BCUT2D eigenvalue weighted by molar-refractivity contribution is 7.10. The Kier molecular flexibility index (Phi) is 7.41. The average molecular weight is 501 g/mol. The number of nitrogens with zero attached hydrogens (tertiary/aromatic N) is 1. The molecule has 178 valence electrons. The lowest BCUT2D eigenvalue weighted by Gasteiger charge is -2.41. The fourth-order valence-corrected chi connectivity index (χ4v) is 5.37. The third kappa shape index (κ3) is 4.49. The van der Waals surface area contributed by atoms with Crippen LogP contribution in [0.2, 0.25) is 5.02 Å². The minimum atomic E-state index is -0.657. The number of halogens is 1. The molecule has 0 bridgehead atoms.